The molecule has 0 saturated heterocycles. The van der Waals surface area contributed by atoms with Crippen LogP contribution in [0.2, 0.25) is 0 Å². The minimum absolute atomic E-state index is 0.192. The molecular formula is C47H32N2O. The number of fused-ring (bicyclic) bond motifs is 3. The molecule has 2 aliphatic rings. The van der Waals surface area contributed by atoms with Gasteiger partial charge in [-0.1, -0.05) is 152 Å². The van der Waals surface area contributed by atoms with E-state index in [-0.39, 0.29) is 6.23 Å². The van der Waals surface area contributed by atoms with Gasteiger partial charge >= 0.3 is 0 Å². The molecule has 0 saturated carbocycles. The molecule has 1 aliphatic heterocycles. The van der Waals surface area contributed by atoms with Gasteiger partial charge in [-0.25, -0.2) is 0 Å². The van der Waals surface area contributed by atoms with Crippen LogP contribution in [0.5, 0.6) is 0 Å². The van der Waals surface area contributed by atoms with E-state index in [2.05, 4.69) is 186 Å². The lowest BCUT2D eigenvalue weighted by Gasteiger charge is -2.28. The van der Waals surface area contributed by atoms with E-state index in [0.29, 0.717) is 0 Å². The lowest BCUT2D eigenvalue weighted by Crippen LogP contribution is -2.15. The summed E-state index contributed by atoms with van der Waals surface area (Å²) in [6.07, 6.45) is -0.192. The van der Waals surface area contributed by atoms with Crippen LogP contribution >= 0.6 is 0 Å². The third-order valence-electron chi connectivity index (χ3n) is 10.1. The molecule has 3 heteroatoms. The van der Waals surface area contributed by atoms with Crippen molar-refractivity contribution in [1.29, 1.82) is 0 Å². The molecule has 3 nitrogen and oxygen atoms in total. The van der Waals surface area contributed by atoms with Crippen molar-refractivity contribution in [1.82, 2.24) is 5.32 Å². The van der Waals surface area contributed by atoms with Crippen molar-refractivity contribution < 1.29 is 4.74 Å². The molecule has 10 rings (SSSR count). The van der Waals surface area contributed by atoms with E-state index in [4.69, 9.17) is 4.74 Å². The van der Waals surface area contributed by atoms with E-state index in [0.717, 1.165) is 39.6 Å². The Morgan fingerprint density at radius 1 is 0.420 bits per heavy atom. The Morgan fingerprint density at radius 3 is 1.78 bits per heavy atom. The van der Waals surface area contributed by atoms with Gasteiger partial charge < -0.3 is 15.0 Å². The summed E-state index contributed by atoms with van der Waals surface area (Å²) >= 11 is 0. The van der Waals surface area contributed by atoms with Crippen molar-refractivity contribution in [2.24, 2.45) is 0 Å². The van der Waals surface area contributed by atoms with E-state index in [1.165, 1.54) is 49.4 Å². The van der Waals surface area contributed by atoms with Crippen LogP contribution in [0.4, 0.5) is 17.1 Å². The summed E-state index contributed by atoms with van der Waals surface area (Å²) in [5.74, 6) is 0.939. The van der Waals surface area contributed by atoms with Gasteiger partial charge in [0.1, 0.15) is 0 Å². The summed E-state index contributed by atoms with van der Waals surface area (Å²) in [5.41, 5.74) is 12.7. The number of ether oxygens (including phenoxy) is 1. The minimum atomic E-state index is -0.192. The van der Waals surface area contributed by atoms with Crippen molar-refractivity contribution >= 4 is 50.1 Å². The maximum Gasteiger partial charge on any atom is 0.196 e. The fourth-order valence-corrected chi connectivity index (χ4v) is 7.77. The van der Waals surface area contributed by atoms with Gasteiger partial charge in [-0.15, -0.1) is 0 Å². The first kappa shape index (κ1) is 28.4. The van der Waals surface area contributed by atoms with Crippen molar-refractivity contribution in [3.05, 3.63) is 199 Å². The molecule has 1 atom stereocenters. The summed E-state index contributed by atoms with van der Waals surface area (Å²) in [4.78, 5) is 2.37. The Bertz CT molecular complexity index is 2550. The summed E-state index contributed by atoms with van der Waals surface area (Å²) in [5, 5.41) is 8.56. The van der Waals surface area contributed by atoms with Crippen molar-refractivity contribution in [2.75, 3.05) is 4.90 Å². The first-order chi connectivity index (χ1) is 24.8. The zero-order chi connectivity index (χ0) is 33.0. The summed E-state index contributed by atoms with van der Waals surface area (Å²) in [6.45, 7) is 0. The summed E-state index contributed by atoms with van der Waals surface area (Å²) < 4.78 is 6.58. The van der Waals surface area contributed by atoms with Crippen LogP contribution in [0.15, 0.2) is 182 Å². The lowest BCUT2D eigenvalue weighted by molar-refractivity contribution is 0.175. The molecule has 0 spiro atoms. The molecule has 1 N–H and O–H groups in total. The standard InChI is InChI=1S/C47H32N2O/c1-4-13-31(14-5-1)32-23-25-35(26-24-32)49(34-17-8-3-9-18-34)43-30-29-37(36-19-10-11-20-39(36)43)38-27-28-41-44-40(38)21-12-22-42(44)46-45(41)48-47(50-46)33-15-6-2-7-16-33/h1-30,47-48H. The average Bonchev–Trinajstić information content (AvgIpc) is 3.76. The number of rotatable bonds is 6. The second-order valence-electron chi connectivity index (χ2n) is 12.9. The zero-order valence-corrected chi connectivity index (χ0v) is 27.3. The van der Waals surface area contributed by atoms with E-state index in [1.807, 2.05) is 6.07 Å². The lowest BCUT2D eigenvalue weighted by atomic mass is 9.90. The Kier molecular flexibility index (Phi) is 6.56. The van der Waals surface area contributed by atoms with Gasteiger partial charge in [0.05, 0.1) is 11.4 Å². The van der Waals surface area contributed by atoms with Crippen LogP contribution < -0.4 is 10.2 Å². The number of nitrogens with one attached hydrogen (secondary N) is 1. The van der Waals surface area contributed by atoms with E-state index >= 15 is 0 Å². The molecule has 1 unspecified atom stereocenters. The highest BCUT2D eigenvalue weighted by Crippen LogP contribution is 2.50. The molecule has 0 amide bonds. The van der Waals surface area contributed by atoms with Crippen molar-refractivity contribution in [3.63, 3.8) is 0 Å². The van der Waals surface area contributed by atoms with E-state index < -0.39 is 0 Å². The SMILES string of the molecule is c1ccc(-c2ccc(N(c3ccccc3)c3ccc(-c4ccc5c6c(cccc46)C4=C5NC(c5ccccc5)O4)c4ccccc34)cc2)cc1. The van der Waals surface area contributed by atoms with Crippen LogP contribution in [-0.2, 0) is 4.74 Å². The fraction of sp³-hybridized carbons (Fsp3) is 0.0213. The maximum atomic E-state index is 6.58. The summed E-state index contributed by atoms with van der Waals surface area (Å²) in [6, 6.07) is 65.0. The van der Waals surface area contributed by atoms with Crippen molar-refractivity contribution in [2.45, 2.75) is 6.23 Å². The molecule has 1 heterocycles. The molecule has 236 valence electrons. The Balaban J connectivity index is 1.09. The Hall–Kier alpha value is -6.58. The van der Waals surface area contributed by atoms with Gasteiger partial charge in [0, 0.05) is 38.8 Å². The molecule has 0 radical (unpaired) electrons. The number of nitrogens with zero attached hydrogens (tertiary/aromatic N) is 1. The van der Waals surface area contributed by atoms with E-state index in [1.54, 1.807) is 0 Å². The molecule has 1 aliphatic carbocycles. The topological polar surface area (TPSA) is 24.5 Å². The number of para-hydroxylation sites is 1. The van der Waals surface area contributed by atoms with Gasteiger partial charge in [0.15, 0.2) is 12.0 Å². The van der Waals surface area contributed by atoms with Gasteiger partial charge in [0.25, 0.3) is 0 Å². The first-order valence-electron chi connectivity index (χ1n) is 17.1. The summed E-state index contributed by atoms with van der Waals surface area (Å²) in [7, 11) is 0. The first-order valence-corrected chi connectivity index (χ1v) is 17.1. The van der Waals surface area contributed by atoms with Gasteiger partial charge in [-0.05, 0) is 63.4 Å². The number of anilines is 3. The molecule has 50 heavy (non-hydrogen) atoms. The quantitative estimate of drug-likeness (QED) is 0.196. The fourth-order valence-electron chi connectivity index (χ4n) is 7.77. The number of hydrogen-bond donors (Lipinski definition) is 1. The molecule has 0 aromatic heterocycles. The smallest absolute Gasteiger partial charge is 0.196 e. The van der Waals surface area contributed by atoms with Gasteiger partial charge in [0.2, 0.25) is 0 Å². The van der Waals surface area contributed by atoms with Crippen LogP contribution in [0, 0.1) is 0 Å². The predicted molar refractivity (Wildman–Crippen MR) is 207 cm³/mol. The number of hydrogen-bond acceptors (Lipinski definition) is 3. The van der Waals surface area contributed by atoms with Crippen LogP contribution in [0.25, 0.3) is 55.3 Å². The highest BCUT2D eigenvalue weighted by atomic mass is 16.5. The second kappa shape index (κ2) is 11.5. The Morgan fingerprint density at radius 2 is 1.00 bits per heavy atom. The van der Waals surface area contributed by atoms with Crippen LogP contribution in [0.3, 0.4) is 0 Å². The maximum absolute atomic E-state index is 6.58. The minimum Gasteiger partial charge on any atom is -0.464 e. The molecular weight excluding hydrogens is 609 g/mol. The average molecular weight is 641 g/mol. The zero-order valence-electron chi connectivity index (χ0n) is 27.3. The Labute approximate surface area is 291 Å². The molecule has 8 aromatic rings. The molecule has 8 aromatic carbocycles. The van der Waals surface area contributed by atoms with Crippen molar-refractivity contribution in [3.8, 4) is 22.3 Å². The molecule has 0 bridgehead atoms. The number of benzene rings is 8. The third kappa shape index (κ3) is 4.52. The van der Waals surface area contributed by atoms with Crippen LogP contribution in [-0.4, -0.2) is 0 Å². The largest absolute Gasteiger partial charge is 0.464 e. The third-order valence-corrected chi connectivity index (χ3v) is 10.1. The normalized spacial score (nSPS) is 14.4. The predicted octanol–water partition coefficient (Wildman–Crippen LogP) is 12.3. The van der Waals surface area contributed by atoms with E-state index in [9.17, 15) is 0 Å². The van der Waals surface area contributed by atoms with Gasteiger partial charge in [-0.3, -0.25) is 0 Å². The van der Waals surface area contributed by atoms with Gasteiger partial charge in [-0.2, -0.15) is 0 Å². The monoisotopic (exact) mass is 640 g/mol. The highest BCUT2D eigenvalue weighted by Gasteiger charge is 2.35. The second-order valence-corrected chi connectivity index (χ2v) is 12.9. The highest BCUT2D eigenvalue weighted by molar-refractivity contribution is 6.18. The molecule has 0 fully saturated rings. The van der Waals surface area contributed by atoms with Crippen LogP contribution in [0.1, 0.15) is 22.9 Å².